The minimum atomic E-state index is -3.05. The Bertz CT molecular complexity index is 667. The van der Waals surface area contributed by atoms with Crippen LogP contribution in [0.2, 0.25) is 0 Å². The summed E-state index contributed by atoms with van der Waals surface area (Å²) < 4.78 is 24.3. The van der Waals surface area contributed by atoms with Crippen LogP contribution in [0.15, 0.2) is 16.8 Å². The van der Waals surface area contributed by atoms with Crippen LogP contribution < -0.4 is 0 Å². The van der Waals surface area contributed by atoms with E-state index in [1.54, 1.807) is 11.3 Å². The lowest BCUT2D eigenvalue weighted by molar-refractivity contribution is -0.138. The van der Waals surface area contributed by atoms with Crippen molar-refractivity contribution in [3.05, 3.63) is 22.4 Å². The molecule has 3 aliphatic rings. The van der Waals surface area contributed by atoms with Crippen molar-refractivity contribution in [3.8, 4) is 0 Å². The number of amides is 1. The number of piperazine rings is 1. The predicted octanol–water partition coefficient (Wildman–Crippen LogP) is 0.968. The van der Waals surface area contributed by atoms with Gasteiger partial charge in [0.1, 0.15) is 0 Å². The van der Waals surface area contributed by atoms with E-state index in [4.69, 9.17) is 0 Å². The topological polar surface area (TPSA) is 57.7 Å². The maximum absolute atomic E-state index is 12.5. The molecule has 0 bridgehead atoms. The highest BCUT2D eigenvalue weighted by atomic mass is 32.2. The zero-order valence-corrected chi connectivity index (χ0v) is 14.0. The van der Waals surface area contributed by atoms with E-state index in [1.165, 1.54) is 5.56 Å². The second-order valence-electron chi connectivity index (χ2n) is 6.62. The first-order valence-corrected chi connectivity index (χ1v) is 10.6. The van der Waals surface area contributed by atoms with E-state index in [0.717, 1.165) is 25.9 Å². The van der Waals surface area contributed by atoms with Crippen LogP contribution in [0.1, 0.15) is 18.4 Å². The minimum absolute atomic E-state index is 0.0404. The largest absolute Gasteiger partial charge is 0.336 e. The summed E-state index contributed by atoms with van der Waals surface area (Å²) in [7, 11) is -3.05. The fraction of sp³-hybridized carbons (Fsp3) is 0.667. The third kappa shape index (κ3) is 2.70. The van der Waals surface area contributed by atoms with Crippen molar-refractivity contribution in [1.29, 1.82) is 0 Å². The first kappa shape index (κ1) is 14.7. The average molecular weight is 340 g/mol. The Morgan fingerprint density at radius 1 is 1.23 bits per heavy atom. The monoisotopic (exact) mass is 340 g/mol. The number of thiophene rings is 1. The third-order valence-electron chi connectivity index (χ3n) is 4.97. The van der Waals surface area contributed by atoms with Crippen LogP contribution in [0.4, 0.5) is 0 Å². The molecule has 1 saturated carbocycles. The number of nitrogens with zero attached hydrogens (tertiary/aromatic N) is 2. The molecule has 22 heavy (non-hydrogen) atoms. The lowest BCUT2D eigenvalue weighted by atomic mass is 10.0. The van der Waals surface area contributed by atoms with Gasteiger partial charge in [-0.25, -0.2) is 8.42 Å². The van der Waals surface area contributed by atoms with E-state index >= 15 is 0 Å². The van der Waals surface area contributed by atoms with Crippen LogP contribution in [-0.2, 0) is 21.2 Å². The lowest BCUT2D eigenvalue weighted by Gasteiger charge is -2.44. The summed E-state index contributed by atoms with van der Waals surface area (Å²) in [6.07, 6.45) is 1.94. The summed E-state index contributed by atoms with van der Waals surface area (Å²) in [5, 5.41) is 4.16. The van der Waals surface area contributed by atoms with Crippen molar-refractivity contribution < 1.29 is 13.2 Å². The zero-order chi connectivity index (χ0) is 15.3. The Morgan fingerprint density at radius 3 is 2.68 bits per heavy atom. The van der Waals surface area contributed by atoms with Crippen LogP contribution in [-0.4, -0.2) is 60.8 Å². The molecule has 7 heteroatoms. The standard InChI is InChI=1S/C15H20N2O3S2/c18-15(12-1-2-12)17-5-4-16(7-11-3-6-21-8-11)13-9-22(19,20)10-14(13)17/h3,6,8,12-14H,1-2,4-5,7,9-10H2/t13-,14+/m1/s1. The van der Waals surface area contributed by atoms with Crippen molar-refractivity contribution in [1.82, 2.24) is 9.80 Å². The Hall–Kier alpha value is -0.920. The molecule has 0 radical (unpaired) electrons. The number of sulfone groups is 1. The molecule has 120 valence electrons. The smallest absolute Gasteiger partial charge is 0.226 e. The maximum Gasteiger partial charge on any atom is 0.226 e. The van der Waals surface area contributed by atoms with Gasteiger partial charge in [0, 0.05) is 31.6 Å². The molecule has 1 aromatic rings. The van der Waals surface area contributed by atoms with Gasteiger partial charge < -0.3 is 4.90 Å². The molecule has 0 aromatic carbocycles. The second-order valence-corrected chi connectivity index (χ2v) is 9.55. The van der Waals surface area contributed by atoms with Gasteiger partial charge in [-0.1, -0.05) is 0 Å². The summed E-state index contributed by atoms with van der Waals surface area (Å²) in [5.41, 5.74) is 1.23. The van der Waals surface area contributed by atoms with Gasteiger partial charge in [0.05, 0.1) is 17.5 Å². The van der Waals surface area contributed by atoms with Crippen molar-refractivity contribution >= 4 is 27.1 Å². The molecule has 5 nitrogen and oxygen atoms in total. The van der Waals surface area contributed by atoms with Gasteiger partial charge in [-0.2, -0.15) is 11.3 Å². The first-order valence-electron chi connectivity index (χ1n) is 7.79. The quantitative estimate of drug-likeness (QED) is 0.823. The van der Waals surface area contributed by atoms with Crippen LogP contribution >= 0.6 is 11.3 Å². The number of rotatable bonds is 3. The zero-order valence-electron chi connectivity index (χ0n) is 12.3. The van der Waals surface area contributed by atoms with Crippen LogP contribution in [0.5, 0.6) is 0 Å². The summed E-state index contributed by atoms with van der Waals surface area (Å²) in [4.78, 5) is 16.6. The first-order chi connectivity index (χ1) is 10.5. The molecule has 3 heterocycles. The highest BCUT2D eigenvalue weighted by Gasteiger charge is 2.49. The van der Waals surface area contributed by atoms with Crippen LogP contribution in [0.25, 0.3) is 0 Å². The Kier molecular flexibility index (Phi) is 3.54. The minimum Gasteiger partial charge on any atom is -0.336 e. The SMILES string of the molecule is O=C(C1CC1)N1CCN(Cc2ccsc2)[C@@H]2CS(=O)(=O)C[C@@H]21. The summed E-state index contributed by atoms with van der Waals surface area (Å²) in [6.45, 7) is 2.22. The second kappa shape index (κ2) is 5.32. The van der Waals surface area contributed by atoms with E-state index in [0.29, 0.717) is 6.54 Å². The van der Waals surface area contributed by atoms with E-state index in [-0.39, 0.29) is 35.4 Å². The molecule has 1 amide bonds. The maximum atomic E-state index is 12.5. The van der Waals surface area contributed by atoms with Crippen molar-refractivity contribution in [2.45, 2.75) is 31.5 Å². The highest BCUT2D eigenvalue weighted by molar-refractivity contribution is 7.91. The summed E-state index contributed by atoms with van der Waals surface area (Å²) in [6, 6.07) is 1.90. The van der Waals surface area contributed by atoms with E-state index < -0.39 is 9.84 Å². The van der Waals surface area contributed by atoms with Gasteiger partial charge in [-0.05, 0) is 35.2 Å². The fourth-order valence-electron chi connectivity index (χ4n) is 3.68. The van der Waals surface area contributed by atoms with Gasteiger partial charge in [-0.15, -0.1) is 0 Å². The molecular formula is C15H20N2O3S2. The molecule has 2 saturated heterocycles. The predicted molar refractivity (Wildman–Crippen MR) is 85.4 cm³/mol. The normalized spacial score (nSPS) is 31.2. The van der Waals surface area contributed by atoms with E-state index in [1.807, 2.05) is 10.3 Å². The average Bonchev–Trinajstić information content (AvgIpc) is 3.09. The molecule has 0 unspecified atom stereocenters. The Morgan fingerprint density at radius 2 is 2.00 bits per heavy atom. The number of fused-ring (bicyclic) bond motifs is 1. The molecule has 4 rings (SSSR count). The van der Waals surface area contributed by atoms with Gasteiger partial charge in [0.25, 0.3) is 0 Å². The van der Waals surface area contributed by atoms with Gasteiger partial charge in [-0.3, -0.25) is 9.69 Å². The molecule has 1 aromatic heterocycles. The van der Waals surface area contributed by atoms with E-state index in [9.17, 15) is 13.2 Å². The van der Waals surface area contributed by atoms with E-state index in [2.05, 4.69) is 16.3 Å². The molecular weight excluding hydrogens is 320 g/mol. The van der Waals surface area contributed by atoms with Crippen LogP contribution in [0, 0.1) is 5.92 Å². The Balaban J connectivity index is 1.56. The molecule has 2 aliphatic heterocycles. The van der Waals surface area contributed by atoms with Crippen molar-refractivity contribution in [2.24, 2.45) is 5.92 Å². The van der Waals surface area contributed by atoms with Gasteiger partial charge >= 0.3 is 0 Å². The number of carbonyl (C=O) groups is 1. The van der Waals surface area contributed by atoms with Crippen molar-refractivity contribution in [2.75, 3.05) is 24.6 Å². The molecule has 3 fully saturated rings. The molecule has 2 atom stereocenters. The van der Waals surface area contributed by atoms with Gasteiger partial charge in [0.2, 0.25) is 5.91 Å². The summed E-state index contributed by atoms with van der Waals surface area (Å²) >= 11 is 1.66. The Labute approximate surface area is 134 Å². The van der Waals surface area contributed by atoms with Crippen molar-refractivity contribution in [3.63, 3.8) is 0 Å². The lowest BCUT2D eigenvalue weighted by Crippen LogP contribution is -2.60. The molecule has 0 spiro atoms. The molecule has 0 N–H and O–H groups in total. The van der Waals surface area contributed by atoms with Gasteiger partial charge in [0.15, 0.2) is 9.84 Å². The van der Waals surface area contributed by atoms with Crippen LogP contribution in [0.3, 0.4) is 0 Å². The third-order valence-corrected chi connectivity index (χ3v) is 7.40. The summed E-state index contributed by atoms with van der Waals surface area (Å²) in [5.74, 6) is 0.668. The number of carbonyl (C=O) groups excluding carboxylic acids is 1. The number of hydrogen-bond acceptors (Lipinski definition) is 5. The highest BCUT2D eigenvalue weighted by Crippen LogP contribution is 2.35. The fourth-order valence-corrected chi connectivity index (χ4v) is 6.35. The number of hydrogen-bond donors (Lipinski definition) is 0. The molecule has 1 aliphatic carbocycles.